The van der Waals surface area contributed by atoms with Gasteiger partial charge in [-0.05, 0) is 30.7 Å². The van der Waals surface area contributed by atoms with Gasteiger partial charge in [0.05, 0.1) is 13.2 Å². The summed E-state index contributed by atoms with van der Waals surface area (Å²) in [6.07, 6.45) is 1.74. The Kier molecular flexibility index (Phi) is 10.2. The van der Waals surface area contributed by atoms with Gasteiger partial charge in [-0.1, -0.05) is 43.0 Å². The summed E-state index contributed by atoms with van der Waals surface area (Å²) < 4.78 is 16.3. The standard InChI is InChI=1S/C23H31N3O3/c1-4-14-29-22-9-7-6-8-20(22)18-26-23(24-5-2)25-17-19-10-12-21(13-11-19)28-16-15-27-3/h4,6-13H,1,5,14-18H2,2-3H3,(H2,24,25,26). The van der Waals surface area contributed by atoms with Crippen molar-refractivity contribution >= 4 is 5.96 Å². The molecule has 0 heterocycles. The second-order valence-corrected chi connectivity index (χ2v) is 6.24. The minimum Gasteiger partial charge on any atom is -0.491 e. The van der Waals surface area contributed by atoms with Gasteiger partial charge in [-0.25, -0.2) is 4.99 Å². The van der Waals surface area contributed by atoms with Gasteiger partial charge in [-0.2, -0.15) is 0 Å². The van der Waals surface area contributed by atoms with Crippen molar-refractivity contribution in [3.8, 4) is 11.5 Å². The molecule has 0 aromatic heterocycles. The van der Waals surface area contributed by atoms with Crippen molar-refractivity contribution < 1.29 is 14.2 Å². The lowest BCUT2D eigenvalue weighted by Crippen LogP contribution is -2.36. The number of hydrogen-bond donors (Lipinski definition) is 2. The Balaban J connectivity index is 1.93. The first-order chi connectivity index (χ1) is 14.3. The van der Waals surface area contributed by atoms with E-state index in [1.54, 1.807) is 13.2 Å². The third kappa shape index (κ3) is 8.27. The highest BCUT2D eigenvalue weighted by Crippen LogP contribution is 2.17. The molecule has 0 amide bonds. The number of para-hydroxylation sites is 1. The first-order valence-corrected chi connectivity index (χ1v) is 9.81. The maximum atomic E-state index is 5.72. The average molecular weight is 398 g/mol. The van der Waals surface area contributed by atoms with Crippen molar-refractivity contribution in [2.24, 2.45) is 4.99 Å². The van der Waals surface area contributed by atoms with Gasteiger partial charge in [-0.15, -0.1) is 0 Å². The van der Waals surface area contributed by atoms with Crippen LogP contribution in [0.5, 0.6) is 11.5 Å². The molecule has 6 nitrogen and oxygen atoms in total. The molecule has 2 aromatic rings. The van der Waals surface area contributed by atoms with E-state index in [0.29, 0.717) is 32.9 Å². The third-order valence-corrected chi connectivity index (χ3v) is 4.02. The molecule has 0 unspecified atom stereocenters. The molecule has 0 saturated carbocycles. The van der Waals surface area contributed by atoms with Crippen molar-refractivity contribution in [1.82, 2.24) is 10.6 Å². The van der Waals surface area contributed by atoms with Crippen LogP contribution < -0.4 is 20.1 Å². The molecule has 0 aliphatic rings. The minimum absolute atomic E-state index is 0.482. The summed E-state index contributed by atoms with van der Waals surface area (Å²) in [5.41, 5.74) is 2.17. The SMILES string of the molecule is C=CCOc1ccccc1CNC(=NCc1ccc(OCCOC)cc1)NCC. The fourth-order valence-electron chi connectivity index (χ4n) is 2.56. The smallest absolute Gasteiger partial charge is 0.191 e. The molecule has 2 N–H and O–H groups in total. The van der Waals surface area contributed by atoms with Crippen LogP contribution in [-0.4, -0.2) is 39.4 Å². The fraction of sp³-hybridized carbons (Fsp3) is 0.348. The van der Waals surface area contributed by atoms with Gasteiger partial charge in [0.15, 0.2) is 5.96 Å². The summed E-state index contributed by atoms with van der Waals surface area (Å²) in [4.78, 5) is 4.67. The normalized spacial score (nSPS) is 11.0. The van der Waals surface area contributed by atoms with E-state index >= 15 is 0 Å². The topological polar surface area (TPSA) is 64.1 Å². The lowest BCUT2D eigenvalue weighted by molar-refractivity contribution is 0.146. The van der Waals surface area contributed by atoms with Gasteiger partial charge < -0.3 is 24.8 Å². The largest absolute Gasteiger partial charge is 0.491 e. The zero-order valence-electron chi connectivity index (χ0n) is 17.3. The van der Waals surface area contributed by atoms with Crippen LogP contribution in [0, 0.1) is 0 Å². The number of nitrogens with one attached hydrogen (secondary N) is 2. The minimum atomic E-state index is 0.482. The number of ether oxygens (including phenoxy) is 3. The number of aliphatic imine (C=N–C) groups is 1. The molecule has 29 heavy (non-hydrogen) atoms. The molecule has 6 heteroatoms. The summed E-state index contributed by atoms with van der Waals surface area (Å²) in [5, 5.41) is 6.64. The van der Waals surface area contributed by atoms with Gasteiger partial charge in [0, 0.05) is 25.8 Å². The first-order valence-electron chi connectivity index (χ1n) is 9.81. The van der Waals surface area contributed by atoms with Gasteiger partial charge in [0.1, 0.15) is 24.7 Å². The van der Waals surface area contributed by atoms with E-state index < -0.39 is 0 Å². The summed E-state index contributed by atoms with van der Waals surface area (Å²) in [5.74, 6) is 2.43. The summed E-state index contributed by atoms with van der Waals surface area (Å²) >= 11 is 0. The summed E-state index contributed by atoms with van der Waals surface area (Å²) in [6, 6.07) is 15.9. The maximum absolute atomic E-state index is 5.72. The molecule has 0 fully saturated rings. The zero-order valence-corrected chi connectivity index (χ0v) is 17.3. The summed E-state index contributed by atoms with van der Waals surface area (Å²) in [6.45, 7) is 9.32. The van der Waals surface area contributed by atoms with Crippen LogP contribution in [-0.2, 0) is 17.8 Å². The molecule has 2 aromatic carbocycles. The molecular formula is C23H31N3O3. The highest BCUT2D eigenvalue weighted by molar-refractivity contribution is 5.79. The van der Waals surface area contributed by atoms with Crippen molar-refractivity contribution in [3.05, 3.63) is 72.3 Å². The third-order valence-electron chi connectivity index (χ3n) is 4.02. The van der Waals surface area contributed by atoms with E-state index in [4.69, 9.17) is 14.2 Å². The molecule has 0 bridgehead atoms. The van der Waals surface area contributed by atoms with E-state index in [1.807, 2.05) is 55.5 Å². The molecule has 2 rings (SSSR count). The number of methoxy groups -OCH3 is 1. The Morgan fingerprint density at radius 1 is 1.03 bits per heavy atom. The zero-order chi connectivity index (χ0) is 20.7. The molecular weight excluding hydrogens is 366 g/mol. The van der Waals surface area contributed by atoms with E-state index in [2.05, 4.69) is 22.2 Å². The van der Waals surface area contributed by atoms with Crippen LogP contribution in [0.25, 0.3) is 0 Å². The molecule has 156 valence electrons. The Morgan fingerprint density at radius 2 is 1.83 bits per heavy atom. The molecule has 0 aliphatic heterocycles. The van der Waals surface area contributed by atoms with Crippen LogP contribution in [0.2, 0.25) is 0 Å². The lowest BCUT2D eigenvalue weighted by Gasteiger charge is -2.14. The number of benzene rings is 2. The van der Waals surface area contributed by atoms with E-state index in [1.165, 1.54) is 0 Å². The Morgan fingerprint density at radius 3 is 2.55 bits per heavy atom. The molecule has 0 spiro atoms. The number of rotatable bonds is 12. The monoisotopic (exact) mass is 397 g/mol. The fourth-order valence-corrected chi connectivity index (χ4v) is 2.56. The molecule has 0 radical (unpaired) electrons. The summed E-state index contributed by atoms with van der Waals surface area (Å²) in [7, 11) is 1.66. The van der Waals surface area contributed by atoms with E-state index in [0.717, 1.165) is 35.1 Å². The Labute approximate surface area is 173 Å². The van der Waals surface area contributed by atoms with Crippen LogP contribution >= 0.6 is 0 Å². The Hall–Kier alpha value is -2.99. The highest BCUT2D eigenvalue weighted by atomic mass is 16.5. The Bertz CT molecular complexity index is 760. The average Bonchev–Trinajstić information content (AvgIpc) is 2.76. The number of nitrogens with zero attached hydrogens (tertiary/aromatic N) is 1. The second-order valence-electron chi connectivity index (χ2n) is 6.24. The van der Waals surface area contributed by atoms with Gasteiger partial charge in [0.25, 0.3) is 0 Å². The number of guanidine groups is 1. The first kappa shape index (κ1) is 22.3. The molecule has 0 aliphatic carbocycles. The molecule has 0 atom stereocenters. The van der Waals surface area contributed by atoms with Crippen molar-refractivity contribution in [1.29, 1.82) is 0 Å². The predicted octanol–water partition coefficient (Wildman–Crippen LogP) is 3.53. The maximum Gasteiger partial charge on any atom is 0.191 e. The molecule has 0 saturated heterocycles. The van der Waals surface area contributed by atoms with Gasteiger partial charge in [0.2, 0.25) is 0 Å². The van der Waals surface area contributed by atoms with Crippen molar-refractivity contribution in [2.75, 3.05) is 33.5 Å². The van der Waals surface area contributed by atoms with Crippen molar-refractivity contribution in [2.45, 2.75) is 20.0 Å². The van der Waals surface area contributed by atoms with Crippen molar-refractivity contribution in [3.63, 3.8) is 0 Å². The lowest BCUT2D eigenvalue weighted by atomic mass is 10.2. The predicted molar refractivity (Wildman–Crippen MR) is 118 cm³/mol. The van der Waals surface area contributed by atoms with E-state index in [-0.39, 0.29) is 0 Å². The number of hydrogen-bond acceptors (Lipinski definition) is 4. The van der Waals surface area contributed by atoms with Crippen LogP contribution in [0.15, 0.2) is 66.2 Å². The highest BCUT2D eigenvalue weighted by Gasteiger charge is 2.04. The quantitative estimate of drug-likeness (QED) is 0.248. The second kappa shape index (κ2) is 13.2. The van der Waals surface area contributed by atoms with Crippen LogP contribution in [0.4, 0.5) is 0 Å². The van der Waals surface area contributed by atoms with Gasteiger partial charge >= 0.3 is 0 Å². The van der Waals surface area contributed by atoms with Gasteiger partial charge in [-0.3, -0.25) is 0 Å². The van der Waals surface area contributed by atoms with E-state index in [9.17, 15) is 0 Å². The van der Waals surface area contributed by atoms with Crippen LogP contribution in [0.1, 0.15) is 18.1 Å². The van der Waals surface area contributed by atoms with Crippen LogP contribution in [0.3, 0.4) is 0 Å².